The molecule has 3 nitrogen and oxygen atoms in total. The molecular weight excluding hydrogens is 693 g/mol. The van der Waals surface area contributed by atoms with Crippen LogP contribution in [0.1, 0.15) is 0 Å². The number of rotatable bonds is 7. The highest BCUT2D eigenvalue weighted by Gasteiger charge is 2.26. The summed E-state index contributed by atoms with van der Waals surface area (Å²) in [5.41, 5.74) is 15.3. The van der Waals surface area contributed by atoms with Gasteiger partial charge in [0.2, 0.25) is 0 Å². The summed E-state index contributed by atoms with van der Waals surface area (Å²) in [5, 5.41) is 4.60. The van der Waals surface area contributed by atoms with Crippen molar-refractivity contribution in [2.75, 3.05) is 4.90 Å². The molecule has 0 saturated carbocycles. The fourth-order valence-electron chi connectivity index (χ4n) is 8.79. The Balaban J connectivity index is 1.22. The van der Waals surface area contributed by atoms with Gasteiger partial charge in [-0.3, -0.25) is 0 Å². The third kappa shape index (κ3) is 5.36. The molecule has 268 valence electrons. The number of benzene rings is 9. The Morgan fingerprint density at radius 3 is 1.51 bits per heavy atom. The fourth-order valence-corrected chi connectivity index (χ4v) is 8.79. The van der Waals surface area contributed by atoms with Crippen LogP contribution < -0.4 is 4.90 Å². The normalized spacial score (nSPS) is 11.5. The second-order valence-corrected chi connectivity index (χ2v) is 14.4. The van der Waals surface area contributed by atoms with E-state index in [2.05, 4.69) is 222 Å². The third-order valence-electron chi connectivity index (χ3n) is 11.2. The zero-order valence-corrected chi connectivity index (χ0v) is 31.1. The van der Waals surface area contributed by atoms with Crippen molar-refractivity contribution in [2.45, 2.75) is 0 Å². The molecule has 0 saturated heterocycles. The molecule has 0 atom stereocenters. The Morgan fingerprint density at radius 1 is 0.316 bits per heavy atom. The number of hydrogen-bond donors (Lipinski definition) is 0. The second kappa shape index (κ2) is 13.6. The van der Waals surface area contributed by atoms with Crippen molar-refractivity contribution in [1.29, 1.82) is 0 Å². The first kappa shape index (κ1) is 32.8. The molecule has 0 fully saturated rings. The first-order chi connectivity index (χ1) is 28.3. The van der Waals surface area contributed by atoms with Crippen molar-refractivity contribution in [3.8, 4) is 39.1 Å². The van der Waals surface area contributed by atoms with Crippen molar-refractivity contribution < 1.29 is 4.42 Å². The number of fused-ring (bicyclic) bond motifs is 6. The van der Waals surface area contributed by atoms with Crippen molar-refractivity contribution >= 4 is 60.8 Å². The molecular formula is C54H36N2O. The van der Waals surface area contributed by atoms with Crippen LogP contribution in [0.3, 0.4) is 0 Å². The zero-order chi connectivity index (χ0) is 37.7. The number of hydrogen-bond acceptors (Lipinski definition) is 2. The third-order valence-corrected chi connectivity index (χ3v) is 11.2. The summed E-state index contributed by atoms with van der Waals surface area (Å²) < 4.78 is 8.97. The number of para-hydroxylation sites is 6. The van der Waals surface area contributed by atoms with Crippen LogP contribution in [0.2, 0.25) is 0 Å². The topological polar surface area (TPSA) is 21.3 Å². The fraction of sp³-hybridized carbons (Fsp3) is 0. The van der Waals surface area contributed by atoms with Gasteiger partial charge >= 0.3 is 0 Å². The summed E-state index contributed by atoms with van der Waals surface area (Å²) >= 11 is 0. The van der Waals surface area contributed by atoms with E-state index in [4.69, 9.17) is 4.42 Å². The molecule has 0 radical (unpaired) electrons. The number of anilines is 3. The van der Waals surface area contributed by atoms with E-state index < -0.39 is 0 Å². The van der Waals surface area contributed by atoms with E-state index in [1.807, 2.05) is 6.07 Å². The van der Waals surface area contributed by atoms with Crippen molar-refractivity contribution in [3.63, 3.8) is 0 Å². The highest BCUT2D eigenvalue weighted by molar-refractivity contribution is 6.15. The van der Waals surface area contributed by atoms with E-state index in [0.29, 0.717) is 0 Å². The van der Waals surface area contributed by atoms with Gasteiger partial charge in [-0.25, -0.2) is 0 Å². The molecule has 0 aliphatic heterocycles. The van der Waals surface area contributed by atoms with Crippen LogP contribution in [0, 0.1) is 0 Å². The van der Waals surface area contributed by atoms with E-state index in [1.54, 1.807) is 0 Å². The first-order valence-electron chi connectivity index (χ1n) is 19.4. The highest BCUT2D eigenvalue weighted by atomic mass is 16.3. The zero-order valence-electron chi connectivity index (χ0n) is 31.1. The molecule has 0 bridgehead atoms. The van der Waals surface area contributed by atoms with Crippen LogP contribution >= 0.6 is 0 Å². The van der Waals surface area contributed by atoms with Gasteiger partial charge in [0.05, 0.1) is 39.2 Å². The predicted octanol–water partition coefficient (Wildman–Crippen LogP) is 15.2. The van der Waals surface area contributed by atoms with Gasteiger partial charge in [0.25, 0.3) is 0 Å². The lowest BCUT2D eigenvalue weighted by Crippen LogP contribution is -2.14. The average molecular weight is 729 g/mol. The van der Waals surface area contributed by atoms with Gasteiger partial charge < -0.3 is 13.9 Å². The Hall–Kier alpha value is -7.62. The molecule has 0 aliphatic rings. The smallest absolute Gasteiger partial charge is 0.137 e. The summed E-state index contributed by atoms with van der Waals surface area (Å²) in [4.78, 5) is 2.46. The molecule has 2 aromatic heterocycles. The van der Waals surface area contributed by atoms with E-state index in [0.717, 1.165) is 66.8 Å². The van der Waals surface area contributed by atoms with Crippen molar-refractivity contribution in [3.05, 3.63) is 218 Å². The summed E-state index contributed by atoms with van der Waals surface area (Å²) in [7, 11) is 0. The molecule has 11 aromatic rings. The van der Waals surface area contributed by atoms with Gasteiger partial charge in [0, 0.05) is 21.7 Å². The largest absolute Gasteiger partial charge is 0.456 e. The summed E-state index contributed by atoms with van der Waals surface area (Å²) in [6, 6.07) is 78.2. The number of furan rings is 1. The monoisotopic (exact) mass is 728 g/mol. The van der Waals surface area contributed by atoms with Gasteiger partial charge in [0.15, 0.2) is 0 Å². The average Bonchev–Trinajstić information content (AvgIpc) is 3.84. The van der Waals surface area contributed by atoms with E-state index >= 15 is 0 Å². The van der Waals surface area contributed by atoms with E-state index in [9.17, 15) is 0 Å². The summed E-state index contributed by atoms with van der Waals surface area (Å²) in [6.45, 7) is 0. The summed E-state index contributed by atoms with van der Waals surface area (Å²) in [6.07, 6.45) is 0. The van der Waals surface area contributed by atoms with Crippen LogP contribution in [0.4, 0.5) is 17.1 Å². The Morgan fingerprint density at radius 2 is 0.789 bits per heavy atom. The minimum Gasteiger partial charge on any atom is -0.456 e. The molecule has 0 N–H and O–H groups in total. The molecule has 3 heteroatoms. The Kier molecular flexibility index (Phi) is 7.82. The predicted molar refractivity (Wildman–Crippen MR) is 239 cm³/mol. The highest BCUT2D eigenvalue weighted by Crippen LogP contribution is 2.50. The van der Waals surface area contributed by atoms with Gasteiger partial charge in [-0.05, 0) is 76.3 Å². The van der Waals surface area contributed by atoms with Crippen molar-refractivity contribution in [2.24, 2.45) is 0 Å². The van der Waals surface area contributed by atoms with Crippen LogP contribution in [-0.4, -0.2) is 4.57 Å². The molecule has 57 heavy (non-hydrogen) atoms. The van der Waals surface area contributed by atoms with Crippen molar-refractivity contribution in [1.82, 2.24) is 4.57 Å². The standard InChI is InChI=1S/C54H36N2O/c1-2-19-37(20-3-1)38-21-4-5-22-39(38)40-23-6-7-24-41(40)42-25-8-12-29-46(42)56(51-34-18-36-53-54(51)45-28-11-17-35-52(45)57-53)50-33-16-15-32-49(50)55-47-30-13-9-26-43(47)44-27-10-14-31-48(44)55/h1-36H. The van der Waals surface area contributed by atoms with Crippen LogP contribution in [0.5, 0.6) is 0 Å². The minimum absolute atomic E-state index is 0.850. The van der Waals surface area contributed by atoms with Crippen LogP contribution in [0.15, 0.2) is 223 Å². The Bertz CT molecular complexity index is 3210. The minimum atomic E-state index is 0.850. The maximum absolute atomic E-state index is 6.55. The lowest BCUT2D eigenvalue weighted by molar-refractivity contribution is 0.669. The lowest BCUT2D eigenvalue weighted by atomic mass is 9.88. The maximum Gasteiger partial charge on any atom is 0.137 e. The molecule has 0 unspecified atom stereocenters. The van der Waals surface area contributed by atoms with E-state index in [1.165, 1.54) is 33.0 Å². The van der Waals surface area contributed by atoms with E-state index in [-0.39, 0.29) is 0 Å². The van der Waals surface area contributed by atoms with Gasteiger partial charge in [-0.1, -0.05) is 170 Å². The lowest BCUT2D eigenvalue weighted by Gasteiger charge is -2.31. The Labute approximate surface area is 330 Å². The number of nitrogens with zero attached hydrogens (tertiary/aromatic N) is 2. The maximum atomic E-state index is 6.55. The SMILES string of the molecule is c1ccc(-c2ccccc2-c2ccccc2-c2ccccc2N(c2ccccc2-n2c3ccccc3c3ccccc32)c2cccc3oc4ccccc4c23)cc1. The van der Waals surface area contributed by atoms with Gasteiger partial charge in [-0.15, -0.1) is 0 Å². The van der Waals surface area contributed by atoms with Crippen LogP contribution in [-0.2, 0) is 0 Å². The first-order valence-corrected chi connectivity index (χ1v) is 19.4. The van der Waals surface area contributed by atoms with Crippen LogP contribution in [0.25, 0.3) is 82.8 Å². The van der Waals surface area contributed by atoms with Gasteiger partial charge in [-0.2, -0.15) is 0 Å². The molecule has 0 amide bonds. The summed E-state index contributed by atoms with van der Waals surface area (Å²) in [5.74, 6) is 0. The second-order valence-electron chi connectivity index (χ2n) is 14.4. The molecule has 0 spiro atoms. The molecule has 9 aromatic carbocycles. The molecule has 0 aliphatic carbocycles. The number of aromatic nitrogens is 1. The molecule has 2 heterocycles. The molecule has 11 rings (SSSR count). The van der Waals surface area contributed by atoms with Gasteiger partial charge in [0.1, 0.15) is 11.2 Å². The quantitative estimate of drug-likeness (QED) is 0.163.